The average Bonchev–Trinajstić information content (AvgIpc) is 3.71. The first-order valence-electron chi connectivity index (χ1n) is 12.9. The van der Waals surface area contributed by atoms with Crippen molar-refractivity contribution >= 4 is 32.4 Å². The zero-order valence-electron chi connectivity index (χ0n) is 24.5. The van der Waals surface area contributed by atoms with Crippen molar-refractivity contribution in [3.8, 4) is 33.9 Å². The van der Waals surface area contributed by atoms with Crippen molar-refractivity contribution in [3.63, 3.8) is 0 Å². The Hall–Kier alpha value is -3.28. The number of nitrogens with zero attached hydrogens (tertiary/aromatic N) is 6. The van der Waals surface area contributed by atoms with Crippen molar-refractivity contribution in [2.75, 3.05) is 0 Å². The van der Waals surface area contributed by atoms with Gasteiger partial charge < -0.3 is 9.11 Å². The Kier molecular flexibility index (Phi) is 11.3. The van der Waals surface area contributed by atoms with E-state index < -0.39 is 30.0 Å². The van der Waals surface area contributed by atoms with Crippen LogP contribution in [0.15, 0.2) is 119 Å². The van der Waals surface area contributed by atoms with Gasteiger partial charge in [-0.1, -0.05) is 84.9 Å². The molecule has 46 heavy (non-hydrogen) atoms. The summed E-state index contributed by atoms with van der Waals surface area (Å²) < 4.78 is 73.2. The second-order valence-corrected chi connectivity index (χ2v) is 12.2. The third-order valence-electron chi connectivity index (χ3n) is 6.56. The largest absolute Gasteiger partial charge is 1.00 e. The Morgan fingerprint density at radius 1 is 0.543 bits per heavy atom. The number of hydrogen-bond donors (Lipinski definition) is 0. The summed E-state index contributed by atoms with van der Waals surface area (Å²) in [5.41, 5.74) is 3.04. The van der Waals surface area contributed by atoms with E-state index in [0.717, 1.165) is 23.3 Å². The maximum atomic E-state index is 12.2. The average molecular weight is 671 g/mol. The van der Waals surface area contributed by atoms with Gasteiger partial charge in [0.1, 0.15) is 31.6 Å². The summed E-state index contributed by atoms with van der Waals surface area (Å²) in [4.78, 5) is 1.22. The van der Waals surface area contributed by atoms with Crippen molar-refractivity contribution in [2.45, 2.75) is 9.79 Å². The van der Waals surface area contributed by atoms with Crippen molar-refractivity contribution in [2.24, 2.45) is 0 Å². The SMILES string of the molecule is O=S(=O)([O-])c1cc(-n2ncc(-c3ccccc3)n2)ccc1/C=C/c1ccc(-n2ncc(-c3ccccc3)n2)cc1S(=O)(=O)[O-].[Na+].[Na+]. The quantitative estimate of drug-likeness (QED) is 0.102. The van der Waals surface area contributed by atoms with Crippen LogP contribution >= 0.6 is 0 Å². The Morgan fingerprint density at radius 3 is 1.26 bits per heavy atom. The van der Waals surface area contributed by atoms with Gasteiger partial charge in [-0.15, -0.1) is 10.2 Å². The first-order chi connectivity index (χ1) is 21.1. The van der Waals surface area contributed by atoms with Crippen LogP contribution < -0.4 is 59.1 Å². The number of aromatic nitrogens is 6. The Morgan fingerprint density at radius 2 is 0.913 bits per heavy atom. The zero-order valence-corrected chi connectivity index (χ0v) is 30.1. The van der Waals surface area contributed by atoms with Gasteiger partial charge in [-0.25, -0.2) is 16.8 Å². The molecule has 0 atom stereocenters. The molecule has 6 aromatic rings. The summed E-state index contributed by atoms with van der Waals surface area (Å²) in [7, 11) is -9.97. The molecule has 12 nitrogen and oxygen atoms in total. The van der Waals surface area contributed by atoms with Gasteiger partial charge in [0, 0.05) is 11.1 Å². The van der Waals surface area contributed by atoms with Crippen LogP contribution in [0.2, 0.25) is 0 Å². The van der Waals surface area contributed by atoms with E-state index in [-0.39, 0.29) is 81.6 Å². The van der Waals surface area contributed by atoms with Gasteiger partial charge in [0.2, 0.25) is 0 Å². The molecule has 0 aliphatic carbocycles. The fourth-order valence-corrected chi connectivity index (χ4v) is 5.82. The van der Waals surface area contributed by atoms with Crippen LogP contribution in [0.3, 0.4) is 0 Å². The van der Waals surface area contributed by atoms with E-state index in [1.165, 1.54) is 58.4 Å². The van der Waals surface area contributed by atoms with E-state index in [1.54, 1.807) is 0 Å². The van der Waals surface area contributed by atoms with E-state index in [1.807, 2.05) is 60.7 Å². The first-order valence-corrected chi connectivity index (χ1v) is 15.7. The molecule has 4 aromatic carbocycles. The molecule has 0 saturated carbocycles. The third kappa shape index (κ3) is 7.98. The maximum Gasteiger partial charge on any atom is 1.00 e. The van der Waals surface area contributed by atoms with Crippen LogP contribution in [0.1, 0.15) is 11.1 Å². The van der Waals surface area contributed by atoms with Crippen molar-refractivity contribution in [3.05, 3.63) is 121 Å². The molecule has 2 aromatic heterocycles. The van der Waals surface area contributed by atoms with Crippen LogP contribution in [0.5, 0.6) is 0 Å². The maximum absolute atomic E-state index is 12.2. The van der Waals surface area contributed by atoms with Gasteiger partial charge >= 0.3 is 59.1 Å². The number of rotatable bonds is 8. The van der Waals surface area contributed by atoms with Gasteiger partial charge in [0.15, 0.2) is 0 Å². The molecule has 220 valence electrons. The summed E-state index contributed by atoms with van der Waals surface area (Å²) in [6.45, 7) is 0. The van der Waals surface area contributed by atoms with Crippen LogP contribution in [-0.2, 0) is 20.2 Å². The number of hydrogen-bond acceptors (Lipinski definition) is 10. The minimum Gasteiger partial charge on any atom is -0.744 e. The van der Waals surface area contributed by atoms with Crippen LogP contribution in [0.4, 0.5) is 0 Å². The molecule has 0 bridgehead atoms. The zero-order chi connectivity index (χ0) is 30.9. The Bertz CT molecular complexity index is 2080. The minimum absolute atomic E-state index is 0. The molecule has 0 unspecified atom stereocenters. The molecule has 0 aliphatic rings. The molecule has 16 heteroatoms. The Labute approximate surface area is 308 Å². The normalized spacial score (nSPS) is 11.6. The molecule has 0 aliphatic heterocycles. The molecule has 0 amide bonds. The molecular formula is C30H20N6Na2O6S2. The van der Waals surface area contributed by atoms with Crippen molar-refractivity contribution in [1.82, 2.24) is 30.0 Å². The Balaban J connectivity index is 0.00000240. The topological polar surface area (TPSA) is 176 Å². The predicted molar refractivity (Wildman–Crippen MR) is 158 cm³/mol. The predicted octanol–water partition coefficient (Wildman–Crippen LogP) is -1.83. The van der Waals surface area contributed by atoms with Crippen LogP contribution in [0.25, 0.3) is 46.0 Å². The monoisotopic (exact) mass is 670 g/mol. The molecule has 0 spiro atoms. The summed E-state index contributed by atoms with van der Waals surface area (Å²) in [6.07, 6.45) is 5.49. The molecule has 6 rings (SSSR count). The molecule has 0 saturated heterocycles. The summed E-state index contributed by atoms with van der Waals surface area (Å²) >= 11 is 0. The van der Waals surface area contributed by atoms with E-state index in [0.29, 0.717) is 11.4 Å². The van der Waals surface area contributed by atoms with Gasteiger partial charge in [-0.2, -0.15) is 19.8 Å². The summed E-state index contributed by atoms with van der Waals surface area (Å²) in [6, 6.07) is 26.4. The molecule has 0 fully saturated rings. The second kappa shape index (κ2) is 14.6. The smallest absolute Gasteiger partial charge is 0.744 e. The van der Waals surface area contributed by atoms with Gasteiger partial charge in [0.05, 0.1) is 33.6 Å². The van der Waals surface area contributed by atoms with Crippen LogP contribution in [-0.4, -0.2) is 55.9 Å². The third-order valence-corrected chi connectivity index (χ3v) is 8.34. The van der Waals surface area contributed by atoms with E-state index >= 15 is 0 Å². The van der Waals surface area contributed by atoms with Crippen LogP contribution in [0, 0.1) is 0 Å². The van der Waals surface area contributed by atoms with Crippen molar-refractivity contribution < 1.29 is 85.1 Å². The first kappa shape index (κ1) is 35.6. The summed E-state index contributed by atoms with van der Waals surface area (Å²) in [5, 5.41) is 17.1. The standard InChI is InChI=1S/C30H22N6O6S2.2Na/c37-43(38,39)29-17-25(35-31-19-27(33-35)21-7-3-1-4-8-21)15-13-23(29)11-12-24-14-16-26(18-30(24)44(40,41)42)36-32-20-28(34-36)22-9-5-2-6-10-22;;/h1-20H,(H,37,38,39)(H,40,41,42);;/q;2*+1/p-2/b12-11+;;. The van der Waals surface area contributed by atoms with E-state index in [9.17, 15) is 25.9 Å². The van der Waals surface area contributed by atoms with Gasteiger partial charge in [-0.05, 0) is 35.4 Å². The van der Waals surface area contributed by atoms with Gasteiger partial charge in [0.25, 0.3) is 0 Å². The van der Waals surface area contributed by atoms with Crippen molar-refractivity contribution in [1.29, 1.82) is 0 Å². The fourth-order valence-electron chi connectivity index (χ4n) is 4.44. The number of benzene rings is 4. The minimum atomic E-state index is -4.99. The van der Waals surface area contributed by atoms with Gasteiger partial charge in [-0.3, -0.25) is 0 Å². The summed E-state index contributed by atoms with van der Waals surface area (Å²) in [5.74, 6) is 0. The molecule has 0 radical (unpaired) electrons. The molecular weight excluding hydrogens is 650 g/mol. The van der Waals surface area contributed by atoms with E-state index in [2.05, 4.69) is 20.4 Å². The van der Waals surface area contributed by atoms with E-state index in [4.69, 9.17) is 0 Å². The second-order valence-electron chi connectivity index (χ2n) is 9.46. The molecule has 0 N–H and O–H groups in total. The molecule has 2 heterocycles. The fraction of sp³-hybridized carbons (Fsp3) is 0.